The van der Waals surface area contributed by atoms with Crippen molar-refractivity contribution in [2.45, 2.75) is 37.6 Å². The monoisotopic (exact) mass is 409 g/mol. The average molecular weight is 410 g/mol. The number of carbonyl (C=O) groups is 2. The van der Waals surface area contributed by atoms with Crippen LogP contribution in [0.3, 0.4) is 0 Å². The molecule has 27 heavy (non-hydrogen) atoms. The number of nitrogens with zero attached hydrogens (tertiary/aromatic N) is 1. The molecule has 0 radical (unpaired) electrons. The van der Waals surface area contributed by atoms with E-state index in [-0.39, 0.29) is 22.8 Å². The van der Waals surface area contributed by atoms with Crippen LogP contribution >= 0.6 is 11.6 Å². The van der Waals surface area contributed by atoms with Crippen LogP contribution in [0.4, 0.5) is 0 Å². The van der Waals surface area contributed by atoms with E-state index in [2.05, 4.69) is 0 Å². The first kappa shape index (κ1) is 19.6. The fourth-order valence-corrected chi connectivity index (χ4v) is 5.88. The van der Waals surface area contributed by atoms with Gasteiger partial charge in [-0.25, -0.2) is 12.7 Å². The second-order valence-electron chi connectivity index (χ2n) is 6.89. The minimum absolute atomic E-state index is 0.0165. The van der Waals surface area contributed by atoms with Gasteiger partial charge in [0.05, 0.1) is 18.2 Å². The highest BCUT2D eigenvalue weighted by Gasteiger charge is 2.56. The maximum atomic E-state index is 13.3. The number of hydrogen-bond donors (Lipinski definition) is 0. The van der Waals surface area contributed by atoms with Crippen molar-refractivity contribution in [2.75, 3.05) is 7.11 Å². The number of ether oxygens (including phenoxy) is 1. The van der Waals surface area contributed by atoms with Gasteiger partial charge in [-0.2, -0.15) is 0 Å². The molecule has 1 heterocycles. The summed E-state index contributed by atoms with van der Waals surface area (Å²) in [5, 5.41) is 0.0165. The molecule has 3 rings (SSSR count). The average Bonchev–Trinajstić information content (AvgIpc) is 2.62. The lowest BCUT2D eigenvalue weighted by atomic mass is 9.67. The van der Waals surface area contributed by atoms with Crippen LogP contribution in [0.5, 0.6) is 0 Å². The normalized spacial score (nSPS) is 25.4. The largest absolute Gasteiger partial charge is 0.468 e. The van der Waals surface area contributed by atoms with Crippen LogP contribution in [0, 0.1) is 5.41 Å². The lowest BCUT2D eigenvalue weighted by Crippen LogP contribution is -2.59. The zero-order valence-electron chi connectivity index (χ0n) is 15.2. The molecule has 2 atom stereocenters. The van der Waals surface area contributed by atoms with Crippen molar-refractivity contribution in [2.24, 2.45) is 5.41 Å². The van der Waals surface area contributed by atoms with Crippen LogP contribution < -0.4 is 0 Å². The Labute approximate surface area is 163 Å². The molecule has 0 saturated heterocycles. The van der Waals surface area contributed by atoms with Crippen LogP contribution in [0.2, 0.25) is 5.02 Å². The number of carbonyl (C=O) groups excluding carboxylic acids is 2. The van der Waals surface area contributed by atoms with E-state index in [1.54, 1.807) is 6.07 Å². The maximum absolute atomic E-state index is 13.3. The van der Waals surface area contributed by atoms with Gasteiger partial charge in [0.25, 0.3) is 15.9 Å². The Balaban J connectivity index is 2.22. The molecule has 6 nitrogen and oxygen atoms in total. The third-order valence-corrected chi connectivity index (χ3v) is 7.65. The lowest BCUT2D eigenvalue weighted by molar-refractivity contribution is -0.154. The summed E-state index contributed by atoms with van der Waals surface area (Å²) >= 11 is 6.09. The summed E-state index contributed by atoms with van der Waals surface area (Å²) < 4.78 is 32.4. The number of amides is 1. The predicted molar refractivity (Wildman–Crippen MR) is 100 cm³/mol. The lowest BCUT2D eigenvalue weighted by Gasteiger charge is -2.47. The summed E-state index contributed by atoms with van der Waals surface area (Å²) in [6, 6.07) is 5.02. The maximum Gasteiger partial charge on any atom is 0.318 e. The molecule has 144 valence electrons. The summed E-state index contributed by atoms with van der Waals surface area (Å²) in [4.78, 5) is 25.2. The first-order chi connectivity index (χ1) is 12.6. The second-order valence-corrected chi connectivity index (χ2v) is 9.08. The summed E-state index contributed by atoms with van der Waals surface area (Å²) in [6.45, 7) is 3.77. The van der Waals surface area contributed by atoms with Crippen molar-refractivity contribution in [3.05, 3.63) is 52.6 Å². The highest BCUT2D eigenvalue weighted by Crippen LogP contribution is 2.48. The van der Waals surface area contributed by atoms with Crippen LogP contribution in [-0.2, 0) is 24.3 Å². The number of benzene rings is 1. The third kappa shape index (κ3) is 2.99. The van der Waals surface area contributed by atoms with Gasteiger partial charge in [0.15, 0.2) is 0 Å². The molecule has 1 aromatic rings. The highest BCUT2D eigenvalue weighted by molar-refractivity contribution is 7.89. The van der Waals surface area contributed by atoms with Gasteiger partial charge in [0.1, 0.15) is 10.3 Å². The van der Waals surface area contributed by atoms with Gasteiger partial charge in [-0.15, -0.1) is 0 Å². The quantitative estimate of drug-likeness (QED) is 0.566. The molecule has 0 bridgehead atoms. The topological polar surface area (TPSA) is 80.8 Å². The Hall–Kier alpha value is -2.12. The van der Waals surface area contributed by atoms with Crippen LogP contribution in [0.1, 0.15) is 26.7 Å². The number of methoxy groups -OCH3 is 1. The number of allylic oxidation sites excluding steroid dienone is 1. The van der Waals surface area contributed by atoms with Crippen LogP contribution in [-0.4, -0.2) is 37.8 Å². The van der Waals surface area contributed by atoms with Crippen LogP contribution in [0.15, 0.2) is 52.5 Å². The third-order valence-electron chi connectivity index (χ3n) is 5.34. The molecule has 8 heteroatoms. The SMILES string of the molecule is COC(=O)[C@@]12C=CC(=O)N(S(=O)(=O)c3ccccc3Cl)[C@@H]1CC(C)=C(C)C2. The Morgan fingerprint density at radius 2 is 1.93 bits per heavy atom. The van der Waals surface area contributed by atoms with Gasteiger partial charge >= 0.3 is 5.97 Å². The van der Waals surface area contributed by atoms with E-state index in [4.69, 9.17) is 16.3 Å². The Kier molecular flexibility index (Phi) is 4.94. The van der Waals surface area contributed by atoms with E-state index >= 15 is 0 Å². The fraction of sp³-hybridized carbons (Fsp3) is 0.368. The molecule has 0 fully saturated rings. The summed E-state index contributed by atoms with van der Waals surface area (Å²) in [5.74, 6) is -1.27. The molecule has 1 amide bonds. The van der Waals surface area contributed by atoms with Crippen molar-refractivity contribution in [3.63, 3.8) is 0 Å². The molecule has 1 aliphatic carbocycles. The van der Waals surface area contributed by atoms with Crippen molar-refractivity contribution in [1.29, 1.82) is 0 Å². The highest BCUT2D eigenvalue weighted by atomic mass is 35.5. The molecule has 2 aliphatic rings. The zero-order valence-corrected chi connectivity index (χ0v) is 16.8. The fourth-order valence-electron chi connectivity index (χ4n) is 3.78. The van der Waals surface area contributed by atoms with Gasteiger partial charge in [-0.3, -0.25) is 9.59 Å². The number of esters is 1. The van der Waals surface area contributed by atoms with E-state index in [0.717, 1.165) is 21.5 Å². The molecule has 0 N–H and O–H groups in total. The Morgan fingerprint density at radius 3 is 2.56 bits per heavy atom. The number of rotatable bonds is 3. The standard InChI is InChI=1S/C19H20ClNO5S/c1-12-10-16-19(11-13(12)2,18(23)26-3)9-8-17(22)21(16)27(24,25)15-7-5-4-6-14(15)20/h4-9,16H,10-11H2,1-3H3/t16-,19-/m1/s1. The predicted octanol–water partition coefficient (Wildman–Crippen LogP) is 3.09. The molecule has 0 aromatic heterocycles. The van der Waals surface area contributed by atoms with Gasteiger partial charge in [0, 0.05) is 6.08 Å². The Bertz CT molecular complexity index is 982. The number of fused-ring (bicyclic) bond motifs is 1. The first-order valence-corrected chi connectivity index (χ1v) is 10.2. The molecular formula is C19H20ClNO5S. The molecule has 1 aliphatic heterocycles. The number of hydrogen-bond acceptors (Lipinski definition) is 5. The minimum Gasteiger partial charge on any atom is -0.468 e. The van der Waals surface area contributed by atoms with E-state index in [0.29, 0.717) is 0 Å². The van der Waals surface area contributed by atoms with Gasteiger partial charge in [-0.05, 0) is 38.8 Å². The van der Waals surface area contributed by atoms with Crippen molar-refractivity contribution >= 4 is 33.5 Å². The smallest absolute Gasteiger partial charge is 0.318 e. The summed E-state index contributed by atoms with van der Waals surface area (Å²) in [6.07, 6.45) is 3.16. The van der Waals surface area contributed by atoms with E-state index in [9.17, 15) is 18.0 Å². The molecule has 0 spiro atoms. The van der Waals surface area contributed by atoms with Crippen molar-refractivity contribution in [3.8, 4) is 0 Å². The summed E-state index contributed by atoms with van der Waals surface area (Å²) in [5.41, 5.74) is 0.674. The number of sulfonamides is 1. The van der Waals surface area contributed by atoms with E-state index < -0.39 is 33.4 Å². The first-order valence-electron chi connectivity index (χ1n) is 8.41. The van der Waals surface area contributed by atoms with Gasteiger partial charge < -0.3 is 4.74 Å². The molecule has 1 aromatic carbocycles. The Morgan fingerprint density at radius 1 is 1.26 bits per heavy atom. The number of halogens is 1. The molecule has 0 saturated carbocycles. The summed E-state index contributed by atoms with van der Waals surface area (Å²) in [7, 11) is -3.01. The minimum atomic E-state index is -4.26. The second kappa shape index (κ2) is 6.80. The van der Waals surface area contributed by atoms with Crippen molar-refractivity contribution in [1.82, 2.24) is 4.31 Å². The van der Waals surface area contributed by atoms with E-state index in [1.807, 2.05) is 13.8 Å². The van der Waals surface area contributed by atoms with E-state index in [1.165, 1.54) is 31.4 Å². The van der Waals surface area contributed by atoms with Crippen molar-refractivity contribution < 1.29 is 22.7 Å². The van der Waals surface area contributed by atoms with Gasteiger partial charge in [0.2, 0.25) is 0 Å². The van der Waals surface area contributed by atoms with Gasteiger partial charge in [-0.1, -0.05) is 41.0 Å². The van der Waals surface area contributed by atoms with Crippen LogP contribution in [0.25, 0.3) is 0 Å². The zero-order chi connectivity index (χ0) is 20.0. The molecular weight excluding hydrogens is 390 g/mol. The molecule has 0 unspecified atom stereocenters.